The molecule has 1 saturated heterocycles. The first-order chi connectivity index (χ1) is 19.6. The fourth-order valence-corrected chi connectivity index (χ4v) is 6.38. The Bertz CT molecular complexity index is 1810. The van der Waals surface area contributed by atoms with E-state index in [4.69, 9.17) is 4.65 Å². The third-order valence-corrected chi connectivity index (χ3v) is 8.07. The van der Waals surface area contributed by atoms with Crippen LogP contribution < -0.4 is 5.46 Å². The maximum Gasteiger partial charge on any atom is 0.420 e. The average molecular weight is 517 g/mol. The minimum Gasteiger partial charge on any atom is -0.411 e. The van der Waals surface area contributed by atoms with Gasteiger partial charge in [-0.3, -0.25) is 0 Å². The number of fused-ring (bicyclic) bond motifs is 2. The van der Waals surface area contributed by atoms with Gasteiger partial charge in [0.1, 0.15) is 0 Å². The molecule has 3 heteroatoms. The van der Waals surface area contributed by atoms with E-state index in [9.17, 15) is 0 Å². The quantitative estimate of drug-likeness (QED) is 0.213. The predicted octanol–water partition coefficient (Wildman–Crippen LogP) is 8.33. The van der Waals surface area contributed by atoms with Crippen molar-refractivity contribution in [3.05, 3.63) is 139 Å². The summed E-state index contributed by atoms with van der Waals surface area (Å²) in [6, 6.07) is 48.2. The smallest absolute Gasteiger partial charge is 0.411 e. The molecule has 2 nitrogen and oxygen atoms in total. The van der Waals surface area contributed by atoms with E-state index in [-0.39, 0.29) is 12.7 Å². The zero-order valence-electron chi connectivity index (χ0n) is 23.0. The van der Waals surface area contributed by atoms with Gasteiger partial charge in [-0.25, -0.2) is 0 Å². The Hall–Kier alpha value is -4.18. The summed E-state index contributed by atoms with van der Waals surface area (Å²) in [6.45, 7) is 6.11. The van der Waals surface area contributed by atoms with Gasteiger partial charge in [-0.2, -0.15) is 0 Å². The van der Waals surface area contributed by atoms with Crippen LogP contribution in [0.25, 0.3) is 43.8 Å². The molecule has 0 aliphatic carbocycles. The highest BCUT2D eigenvalue weighted by Crippen LogP contribution is 2.41. The molecular formula is C37H32BNO. The molecule has 0 bridgehead atoms. The van der Waals surface area contributed by atoms with E-state index < -0.39 is 0 Å². The van der Waals surface area contributed by atoms with Crippen molar-refractivity contribution in [2.45, 2.75) is 26.0 Å². The van der Waals surface area contributed by atoms with E-state index in [0.717, 1.165) is 13.1 Å². The Kier molecular flexibility index (Phi) is 6.27. The molecule has 1 fully saturated rings. The third-order valence-electron chi connectivity index (χ3n) is 8.07. The van der Waals surface area contributed by atoms with Crippen molar-refractivity contribution in [3.8, 4) is 22.3 Å². The summed E-state index contributed by atoms with van der Waals surface area (Å²) in [6.07, 6.45) is 0. The van der Waals surface area contributed by atoms with E-state index in [0.29, 0.717) is 0 Å². The van der Waals surface area contributed by atoms with Crippen molar-refractivity contribution in [1.82, 2.24) is 4.81 Å². The average Bonchev–Trinajstić information content (AvgIpc) is 3.30. The van der Waals surface area contributed by atoms with E-state index in [1.165, 1.54) is 54.8 Å². The summed E-state index contributed by atoms with van der Waals surface area (Å²) in [5.41, 5.74) is 7.24. The normalized spacial score (nSPS) is 15.2. The fourth-order valence-electron chi connectivity index (χ4n) is 6.38. The number of benzene rings is 6. The largest absolute Gasteiger partial charge is 0.420 e. The molecule has 0 atom stereocenters. The monoisotopic (exact) mass is 517 g/mol. The second-order valence-corrected chi connectivity index (χ2v) is 11.4. The SMILES string of the molecule is CC1(C)CN(Cc2ccccc2)B(c2ccc3ccccc3c2-c2c(-c3ccccc3)ccc3ccccc23)O1. The summed E-state index contributed by atoms with van der Waals surface area (Å²) in [4.78, 5) is 2.50. The summed E-state index contributed by atoms with van der Waals surface area (Å²) >= 11 is 0. The van der Waals surface area contributed by atoms with Crippen LogP contribution >= 0.6 is 0 Å². The van der Waals surface area contributed by atoms with Crippen molar-refractivity contribution < 1.29 is 4.65 Å². The highest BCUT2D eigenvalue weighted by molar-refractivity contribution is 6.67. The lowest BCUT2D eigenvalue weighted by Gasteiger charge is -2.25. The molecule has 0 radical (unpaired) electrons. The molecule has 1 aliphatic rings. The molecule has 7 rings (SSSR count). The van der Waals surface area contributed by atoms with Gasteiger partial charge in [0.05, 0.1) is 5.60 Å². The first-order valence-corrected chi connectivity index (χ1v) is 14.1. The van der Waals surface area contributed by atoms with Crippen LogP contribution in [0.1, 0.15) is 19.4 Å². The molecule has 0 amide bonds. The lowest BCUT2D eigenvalue weighted by atomic mass is 9.66. The van der Waals surface area contributed by atoms with Crippen LogP contribution in [0.3, 0.4) is 0 Å². The van der Waals surface area contributed by atoms with E-state index >= 15 is 0 Å². The second kappa shape index (κ2) is 10.1. The van der Waals surface area contributed by atoms with E-state index in [1.807, 2.05) is 0 Å². The van der Waals surface area contributed by atoms with Crippen LogP contribution in [0.15, 0.2) is 133 Å². The Labute approximate surface area is 237 Å². The zero-order chi connectivity index (χ0) is 27.1. The van der Waals surface area contributed by atoms with Gasteiger partial charge in [-0.1, -0.05) is 133 Å². The van der Waals surface area contributed by atoms with Crippen molar-refractivity contribution in [2.75, 3.05) is 6.54 Å². The predicted molar refractivity (Wildman–Crippen MR) is 170 cm³/mol. The maximum atomic E-state index is 6.91. The topological polar surface area (TPSA) is 12.5 Å². The first kappa shape index (κ1) is 24.8. The van der Waals surface area contributed by atoms with Gasteiger partial charge in [0.15, 0.2) is 0 Å². The van der Waals surface area contributed by atoms with Gasteiger partial charge in [0, 0.05) is 13.1 Å². The molecule has 194 valence electrons. The summed E-state index contributed by atoms with van der Waals surface area (Å²) in [5.74, 6) is 0. The van der Waals surface area contributed by atoms with Crippen molar-refractivity contribution in [2.24, 2.45) is 0 Å². The number of hydrogen-bond donors (Lipinski definition) is 0. The number of rotatable bonds is 5. The van der Waals surface area contributed by atoms with Crippen LogP contribution in [0.4, 0.5) is 0 Å². The lowest BCUT2D eigenvalue weighted by Crippen LogP contribution is -2.45. The van der Waals surface area contributed by atoms with Crippen molar-refractivity contribution >= 4 is 34.1 Å². The molecule has 6 aromatic carbocycles. The lowest BCUT2D eigenvalue weighted by molar-refractivity contribution is 0.144. The van der Waals surface area contributed by atoms with Gasteiger partial charge >= 0.3 is 7.05 Å². The third kappa shape index (κ3) is 4.52. The molecule has 1 heterocycles. The van der Waals surface area contributed by atoms with Crippen molar-refractivity contribution in [1.29, 1.82) is 0 Å². The van der Waals surface area contributed by atoms with E-state index in [1.54, 1.807) is 0 Å². The minimum absolute atomic E-state index is 0.169. The van der Waals surface area contributed by atoms with Crippen LogP contribution in [0, 0.1) is 0 Å². The highest BCUT2D eigenvalue weighted by Gasteiger charge is 2.44. The molecule has 0 saturated carbocycles. The Balaban J connectivity index is 1.52. The van der Waals surface area contributed by atoms with Crippen molar-refractivity contribution in [3.63, 3.8) is 0 Å². The van der Waals surface area contributed by atoms with Crippen LogP contribution in [-0.4, -0.2) is 24.0 Å². The standard InChI is InChI=1S/C37H32BNO/c1-37(2)26-39(25-27-13-5-3-6-14-27)38(40-37)34-24-22-30-18-10-12-20-32(30)36(34)35-31-19-11-9-17-29(31)21-23-33(35)28-15-7-4-8-16-28/h3-24H,25-26H2,1-2H3. The Morgan fingerprint density at radius 3 is 1.90 bits per heavy atom. The molecule has 40 heavy (non-hydrogen) atoms. The number of hydrogen-bond acceptors (Lipinski definition) is 2. The fraction of sp³-hybridized carbons (Fsp3) is 0.135. The Morgan fingerprint density at radius 2 is 1.20 bits per heavy atom. The minimum atomic E-state index is -0.261. The van der Waals surface area contributed by atoms with Gasteiger partial charge < -0.3 is 9.47 Å². The van der Waals surface area contributed by atoms with Crippen LogP contribution in [-0.2, 0) is 11.2 Å². The summed E-state index contributed by atoms with van der Waals surface area (Å²) in [7, 11) is -0.169. The van der Waals surface area contributed by atoms with Gasteiger partial charge in [0.2, 0.25) is 0 Å². The van der Waals surface area contributed by atoms with Gasteiger partial charge in [-0.05, 0) is 68.7 Å². The van der Waals surface area contributed by atoms with E-state index in [2.05, 4.69) is 152 Å². The molecule has 0 aromatic heterocycles. The molecule has 0 unspecified atom stereocenters. The molecule has 0 spiro atoms. The zero-order valence-corrected chi connectivity index (χ0v) is 23.0. The second-order valence-electron chi connectivity index (χ2n) is 11.4. The molecule has 1 aliphatic heterocycles. The number of nitrogens with zero attached hydrogens (tertiary/aromatic N) is 1. The molecule has 0 N–H and O–H groups in total. The Morgan fingerprint density at radius 1 is 0.625 bits per heavy atom. The summed E-state index contributed by atoms with van der Waals surface area (Å²) in [5, 5.41) is 4.99. The van der Waals surface area contributed by atoms with Crippen LogP contribution in [0.5, 0.6) is 0 Å². The van der Waals surface area contributed by atoms with Gasteiger partial charge in [-0.15, -0.1) is 0 Å². The maximum absolute atomic E-state index is 6.91. The molecule has 6 aromatic rings. The van der Waals surface area contributed by atoms with Crippen LogP contribution in [0.2, 0.25) is 0 Å². The van der Waals surface area contributed by atoms with Gasteiger partial charge in [0.25, 0.3) is 0 Å². The highest BCUT2D eigenvalue weighted by atomic mass is 16.5. The first-order valence-electron chi connectivity index (χ1n) is 14.1. The molecular weight excluding hydrogens is 485 g/mol. The summed E-state index contributed by atoms with van der Waals surface area (Å²) < 4.78 is 6.91.